The van der Waals surface area contributed by atoms with Gasteiger partial charge in [-0.05, 0) is 30.3 Å². The van der Waals surface area contributed by atoms with Crippen LogP contribution in [0, 0.1) is 5.41 Å². The van der Waals surface area contributed by atoms with E-state index in [1.165, 1.54) is 0 Å². The molecule has 1 aromatic heterocycles. The number of hydrogen-bond acceptors (Lipinski definition) is 3. The van der Waals surface area contributed by atoms with Gasteiger partial charge in [0.05, 0.1) is 5.52 Å². The Kier molecular flexibility index (Phi) is 3.79. The summed E-state index contributed by atoms with van der Waals surface area (Å²) in [5, 5.41) is 12.9. The van der Waals surface area contributed by atoms with Gasteiger partial charge >= 0.3 is 0 Å². The second-order valence-electron chi connectivity index (χ2n) is 6.45. The molecule has 5 heteroatoms. The largest absolute Gasteiger partial charge is 0.363 e. The van der Waals surface area contributed by atoms with Crippen molar-refractivity contribution >= 4 is 28.3 Å². The minimum absolute atomic E-state index is 0.0432. The monoisotopic (exact) mass is 314 g/mol. The third-order valence-corrected chi connectivity index (χ3v) is 3.81. The summed E-state index contributed by atoms with van der Waals surface area (Å²) in [7, 11) is 0. The van der Waals surface area contributed by atoms with E-state index in [1.807, 2.05) is 53.2 Å². The Labute approximate surface area is 135 Å². The number of hydrogen-bond donors (Lipinski definition) is 1. The molecule has 3 aromatic rings. The number of halogens is 1. The number of fused-ring (bicyclic) bond motifs is 1. The normalized spacial score (nSPS) is 13.3. The Morgan fingerprint density at radius 1 is 1.09 bits per heavy atom. The molecule has 0 saturated heterocycles. The Morgan fingerprint density at radius 3 is 2.59 bits per heavy atom. The zero-order valence-electron chi connectivity index (χ0n) is 12.9. The van der Waals surface area contributed by atoms with Crippen LogP contribution < -0.4 is 5.32 Å². The molecule has 4 nitrogen and oxygen atoms in total. The van der Waals surface area contributed by atoms with Crippen molar-refractivity contribution in [1.29, 1.82) is 0 Å². The molecule has 0 amide bonds. The van der Waals surface area contributed by atoms with E-state index < -0.39 is 0 Å². The molecule has 1 atom stereocenters. The molecule has 1 heterocycles. The second kappa shape index (κ2) is 5.61. The molecular formula is C17H19ClN4. The number of rotatable bonds is 3. The lowest BCUT2D eigenvalue weighted by atomic mass is 9.92. The van der Waals surface area contributed by atoms with Crippen LogP contribution in [0.2, 0.25) is 5.02 Å². The fourth-order valence-corrected chi connectivity index (χ4v) is 2.65. The summed E-state index contributed by atoms with van der Waals surface area (Å²) in [6, 6.07) is 15.7. The van der Waals surface area contributed by atoms with Crippen LogP contribution in [-0.4, -0.2) is 15.0 Å². The van der Waals surface area contributed by atoms with E-state index in [4.69, 9.17) is 11.6 Å². The van der Waals surface area contributed by atoms with Crippen molar-refractivity contribution in [2.75, 3.05) is 5.32 Å². The minimum Gasteiger partial charge on any atom is -0.363 e. The van der Waals surface area contributed by atoms with Gasteiger partial charge in [0.2, 0.25) is 0 Å². The third-order valence-electron chi connectivity index (χ3n) is 3.57. The maximum absolute atomic E-state index is 6.09. The molecule has 0 aliphatic heterocycles. The highest BCUT2D eigenvalue weighted by molar-refractivity contribution is 6.30. The number of nitrogens with one attached hydrogen (secondary N) is 1. The first-order valence-electron chi connectivity index (χ1n) is 7.27. The lowest BCUT2D eigenvalue weighted by Gasteiger charge is -2.32. The maximum Gasteiger partial charge on any atom is 0.127 e. The van der Waals surface area contributed by atoms with Gasteiger partial charge in [-0.1, -0.05) is 55.8 Å². The zero-order valence-corrected chi connectivity index (χ0v) is 13.7. The molecule has 0 spiro atoms. The smallest absolute Gasteiger partial charge is 0.127 e. The summed E-state index contributed by atoms with van der Waals surface area (Å²) < 4.78 is 1.94. The minimum atomic E-state index is -0.0568. The Balaban J connectivity index is 2.04. The fraction of sp³-hybridized carbons (Fsp3) is 0.294. The van der Waals surface area contributed by atoms with Crippen LogP contribution in [0.1, 0.15) is 26.9 Å². The molecule has 0 aliphatic rings. The van der Waals surface area contributed by atoms with Gasteiger partial charge < -0.3 is 5.32 Å². The van der Waals surface area contributed by atoms with E-state index in [9.17, 15) is 0 Å². The van der Waals surface area contributed by atoms with E-state index in [-0.39, 0.29) is 11.6 Å². The van der Waals surface area contributed by atoms with Crippen LogP contribution in [0.4, 0.5) is 5.69 Å². The van der Waals surface area contributed by atoms with Crippen molar-refractivity contribution < 1.29 is 0 Å². The Hall–Kier alpha value is -2.07. The summed E-state index contributed by atoms with van der Waals surface area (Å²) in [5.74, 6) is 0. The van der Waals surface area contributed by atoms with Gasteiger partial charge in [-0.25, -0.2) is 4.68 Å². The van der Waals surface area contributed by atoms with Crippen LogP contribution in [0.3, 0.4) is 0 Å². The number of anilines is 1. The van der Waals surface area contributed by atoms with Crippen molar-refractivity contribution in [3.05, 3.63) is 53.6 Å². The van der Waals surface area contributed by atoms with E-state index in [1.54, 1.807) is 0 Å². The van der Waals surface area contributed by atoms with E-state index in [0.717, 1.165) is 16.7 Å². The van der Waals surface area contributed by atoms with Crippen LogP contribution in [0.15, 0.2) is 48.5 Å². The fourth-order valence-electron chi connectivity index (χ4n) is 2.46. The molecule has 0 saturated carbocycles. The van der Waals surface area contributed by atoms with Gasteiger partial charge in [0.25, 0.3) is 0 Å². The molecule has 2 aromatic carbocycles. The Morgan fingerprint density at radius 2 is 1.86 bits per heavy atom. The first-order valence-corrected chi connectivity index (χ1v) is 7.65. The highest BCUT2D eigenvalue weighted by Gasteiger charge is 2.28. The van der Waals surface area contributed by atoms with Gasteiger partial charge in [0, 0.05) is 16.1 Å². The topological polar surface area (TPSA) is 42.7 Å². The molecular weight excluding hydrogens is 296 g/mol. The number of aromatic nitrogens is 3. The molecule has 1 unspecified atom stereocenters. The molecule has 0 bridgehead atoms. The first-order chi connectivity index (χ1) is 10.4. The summed E-state index contributed by atoms with van der Waals surface area (Å²) in [4.78, 5) is 0. The molecule has 1 N–H and O–H groups in total. The SMILES string of the molecule is CC(C)(C)C(Nc1cccc(Cl)c1)n1nnc2ccccc21. The van der Waals surface area contributed by atoms with Crippen LogP contribution in [0.25, 0.3) is 11.0 Å². The number of nitrogens with zero attached hydrogens (tertiary/aromatic N) is 3. The van der Waals surface area contributed by atoms with Crippen molar-refractivity contribution in [3.8, 4) is 0 Å². The van der Waals surface area contributed by atoms with Crippen LogP contribution in [0.5, 0.6) is 0 Å². The third kappa shape index (κ3) is 2.92. The Bertz CT molecular complexity index is 788. The predicted molar refractivity (Wildman–Crippen MR) is 91.1 cm³/mol. The molecule has 0 radical (unpaired) electrons. The predicted octanol–water partition coefficient (Wildman–Crippen LogP) is 4.74. The first kappa shape index (κ1) is 14.9. The van der Waals surface area contributed by atoms with E-state index >= 15 is 0 Å². The zero-order chi connectivity index (χ0) is 15.7. The van der Waals surface area contributed by atoms with Crippen molar-refractivity contribution in [3.63, 3.8) is 0 Å². The molecule has 3 rings (SSSR count). The highest BCUT2D eigenvalue weighted by atomic mass is 35.5. The van der Waals surface area contributed by atoms with Crippen molar-refractivity contribution in [2.45, 2.75) is 26.9 Å². The average Bonchev–Trinajstić information content (AvgIpc) is 2.87. The van der Waals surface area contributed by atoms with Gasteiger partial charge in [-0.2, -0.15) is 0 Å². The standard InChI is InChI=1S/C17H19ClN4/c1-17(2,3)16(19-13-8-6-7-12(18)11-13)22-15-10-5-4-9-14(15)20-21-22/h4-11,16,19H,1-3H3. The number of benzene rings is 2. The van der Waals surface area contributed by atoms with Gasteiger partial charge in [0.1, 0.15) is 11.7 Å². The summed E-state index contributed by atoms with van der Waals surface area (Å²) in [5.41, 5.74) is 2.81. The van der Waals surface area contributed by atoms with Crippen molar-refractivity contribution in [2.24, 2.45) is 5.41 Å². The lowest BCUT2D eigenvalue weighted by molar-refractivity contribution is 0.256. The summed E-state index contributed by atoms with van der Waals surface area (Å²) in [6.45, 7) is 6.52. The quantitative estimate of drug-likeness (QED) is 0.759. The van der Waals surface area contributed by atoms with Gasteiger partial charge in [-0.15, -0.1) is 5.10 Å². The molecule has 0 aliphatic carbocycles. The van der Waals surface area contributed by atoms with E-state index in [0.29, 0.717) is 5.02 Å². The second-order valence-corrected chi connectivity index (χ2v) is 6.88. The molecule has 22 heavy (non-hydrogen) atoms. The maximum atomic E-state index is 6.09. The number of para-hydroxylation sites is 1. The van der Waals surface area contributed by atoms with E-state index in [2.05, 4.69) is 36.4 Å². The molecule has 0 fully saturated rings. The molecule has 114 valence electrons. The summed E-state index contributed by atoms with van der Waals surface area (Å²) >= 11 is 6.09. The van der Waals surface area contributed by atoms with Gasteiger partial charge in [-0.3, -0.25) is 0 Å². The summed E-state index contributed by atoms with van der Waals surface area (Å²) in [6.07, 6.45) is -0.0432. The van der Waals surface area contributed by atoms with Crippen molar-refractivity contribution in [1.82, 2.24) is 15.0 Å². The van der Waals surface area contributed by atoms with Crippen LogP contribution >= 0.6 is 11.6 Å². The highest BCUT2D eigenvalue weighted by Crippen LogP contribution is 2.33. The average molecular weight is 315 g/mol. The lowest BCUT2D eigenvalue weighted by Crippen LogP contribution is -2.32. The van der Waals surface area contributed by atoms with Crippen LogP contribution in [-0.2, 0) is 0 Å². The van der Waals surface area contributed by atoms with Gasteiger partial charge in [0.15, 0.2) is 0 Å².